The number of rotatable bonds is 5. The van der Waals surface area contributed by atoms with Crippen LogP contribution in [0.4, 0.5) is 4.39 Å². The zero-order valence-corrected chi connectivity index (χ0v) is 10.8. The number of aromatic nitrogens is 3. The van der Waals surface area contributed by atoms with E-state index in [1.54, 1.807) is 22.8 Å². The molecule has 0 radical (unpaired) electrons. The second-order valence-corrected chi connectivity index (χ2v) is 4.83. The molecule has 0 aliphatic heterocycles. The van der Waals surface area contributed by atoms with Crippen LogP contribution in [0.5, 0.6) is 0 Å². The molecule has 0 aliphatic carbocycles. The first-order valence-corrected chi connectivity index (χ1v) is 6.60. The van der Waals surface area contributed by atoms with E-state index in [2.05, 4.69) is 10.2 Å². The molecule has 18 heavy (non-hydrogen) atoms. The van der Waals surface area contributed by atoms with Crippen molar-refractivity contribution in [1.82, 2.24) is 14.8 Å². The lowest BCUT2D eigenvalue weighted by Gasteiger charge is -2.04. The quantitative estimate of drug-likeness (QED) is 0.666. The summed E-state index contributed by atoms with van der Waals surface area (Å²) >= 11 is 1.50. The van der Waals surface area contributed by atoms with Gasteiger partial charge in [0.15, 0.2) is 11.0 Å². The molecular formula is C12H14FN3OS. The monoisotopic (exact) mass is 267 g/mol. The summed E-state index contributed by atoms with van der Waals surface area (Å²) in [6.07, 6.45) is 0.701. The summed E-state index contributed by atoms with van der Waals surface area (Å²) in [7, 11) is 1.81. The molecule has 0 amide bonds. The number of halogens is 1. The van der Waals surface area contributed by atoms with Crippen LogP contribution in [0.3, 0.4) is 0 Å². The maximum atomic E-state index is 13.7. The Kier molecular flexibility index (Phi) is 4.33. The van der Waals surface area contributed by atoms with Crippen LogP contribution in [0.1, 0.15) is 6.42 Å². The molecule has 4 nitrogen and oxygen atoms in total. The first-order valence-electron chi connectivity index (χ1n) is 5.62. The summed E-state index contributed by atoms with van der Waals surface area (Å²) in [5.41, 5.74) is 0.446. The molecular weight excluding hydrogens is 253 g/mol. The SMILES string of the molecule is Cn1c(SCCCO)nnc1-c1ccccc1F. The van der Waals surface area contributed by atoms with E-state index in [9.17, 15) is 4.39 Å². The largest absolute Gasteiger partial charge is 0.396 e. The summed E-state index contributed by atoms with van der Waals surface area (Å²) in [6, 6.07) is 6.50. The van der Waals surface area contributed by atoms with E-state index in [0.29, 0.717) is 17.8 Å². The molecule has 0 bridgehead atoms. The molecule has 0 saturated heterocycles. The van der Waals surface area contributed by atoms with Crippen LogP contribution in [0.2, 0.25) is 0 Å². The van der Waals surface area contributed by atoms with Gasteiger partial charge < -0.3 is 9.67 Å². The predicted molar refractivity (Wildman–Crippen MR) is 68.8 cm³/mol. The van der Waals surface area contributed by atoms with Crippen molar-refractivity contribution in [3.63, 3.8) is 0 Å². The van der Waals surface area contributed by atoms with E-state index in [1.165, 1.54) is 17.8 Å². The van der Waals surface area contributed by atoms with Gasteiger partial charge in [0.25, 0.3) is 0 Å². The minimum Gasteiger partial charge on any atom is -0.396 e. The number of benzene rings is 1. The molecule has 1 aromatic carbocycles. The van der Waals surface area contributed by atoms with Crippen LogP contribution in [0.25, 0.3) is 11.4 Å². The van der Waals surface area contributed by atoms with Gasteiger partial charge in [0.2, 0.25) is 0 Å². The molecule has 0 spiro atoms. The molecule has 1 heterocycles. The smallest absolute Gasteiger partial charge is 0.191 e. The molecule has 1 N–H and O–H groups in total. The van der Waals surface area contributed by atoms with Gasteiger partial charge in [-0.05, 0) is 18.6 Å². The van der Waals surface area contributed by atoms with Crippen molar-refractivity contribution in [2.75, 3.05) is 12.4 Å². The number of nitrogens with zero attached hydrogens (tertiary/aromatic N) is 3. The van der Waals surface area contributed by atoms with Gasteiger partial charge in [-0.3, -0.25) is 0 Å². The van der Waals surface area contributed by atoms with Crippen molar-refractivity contribution in [3.05, 3.63) is 30.1 Å². The molecule has 0 aliphatic rings. The minimum atomic E-state index is -0.306. The Labute approximate surface area is 109 Å². The van der Waals surface area contributed by atoms with Crippen molar-refractivity contribution in [2.24, 2.45) is 7.05 Å². The molecule has 2 rings (SSSR count). The number of aliphatic hydroxyl groups is 1. The molecule has 1 aromatic heterocycles. The zero-order chi connectivity index (χ0) is 13.0. The van der Waals surface area contributed by atoms with Crippen molar-refractivity contribution in [1.29, 1.82) is 0 Å². The van der Waals surface area contributed by atoms with Crippen LogP contribution in [0, 0.1) is 5.82 Å². The zero-order valence-electron chi connectivity index (χ0n) is 10.0. The van der Waals surface area contributed by atoms with E-state index in [-0.39, 0.29) is 12.4 Å². The molecule has 0 saturated carbocycles. The molecule has 0 unspecified atom stereocenters. The maximum absolute atomic E-state index is 13.7. The third kappa shape index (κ3) is 2.70. The van der Waals surface area contributed by atoms with E-state index in [1.807, 2.05) is 7.05 Å². The highest BCUT2D eigenvalue weighted by atomic mass is 32.2. The van der Waals surface area contributed by atoms with Gasteiger partial charge in [0.1, 0.15) is 5.82 Å². The molecule has 2 aromatic rings. The highest BCUT2D eigenvalue weighted by molar-refractivity contribution is 7.99. The lowest BCUT2D eigenvalue weighted by atomic mass is 10.2. The van der Waals surface area contributed by atoms with Gasteiger partial charge in [-0.1, -0.05) is 23.9 Å². The van der Waals surface area contributed by atoms with Gasteiger partial charge in [-0.25, -0.2) is 4.39 Å². The third-order valence-corrected chi connectivity index (χ3v) is 3.59. The second-order valence-electron chi connectivity index (χ2n) is 3.77. The fourth-order valence-electron chi connectivity index (χ4n) is 1.55. The summed E-state index contributed by atoms with van der Waals surface area (Å²) in [5.74, 6) is 0.972. The number of hydrogen-bond donors (Lipinski definition) is 1. The van der Waals surface area contributed by atoms with E-state index >= 15 is 0 Å². The van der Waals surface area contributed by atoms with Crippen LogP contribution >= 0.6 is 11.8 Å². The summed E-state index contributed by atoms with van der Waals surface area (Å²) in [4.78, 5) is 0. The molecule has 6 heteroatoms. The van der Waals surface area contributed by atoms with Crippen molar-refractivity contribution >= 4 is 11.8 Å². The average molecular weight is 267 g/mol. The van der Waals surface area contributed by atoms with Crippen LogP contribution in [-0.4, -0.2) is 32.2 Å². The second kappa shape index (κ2) is 5.97. The van der Waals surface area contributed by atoms with Crippen LogP contribution in [-0.2, 0) is 7.05 Å². The first-order chi connectivity index (χ1) is 8.74. The van der Waals surface area contributed by atoms with E-state index in [0.717, 1.165) is 10.9 Å². The normalized spacial score (nSPS) is 10.8. The van der Waals surface area contributed by atoms with Gasteiger partial charge in [-0.2, -0.15) is 0 Å². The predicted octanol–water partition coefficient (Wildman–Crippen LogP) is 2.10. The van der Waals surface area contributed by atoms with E-state index < -0.39 is 0 Å². The third-order valence-electron chi connectivity index (χ3n) is 2.48. The highest BCUT2D eigenvalue weighted by Crippen LogP contribution is 2.24. The van der Waals surface area contributed by atoms with Crippen LogP contribution in [0.15, 0.2) is 29.4 Å². The minimum absolute atomic E-state index is 0.158. The van der Waals surface area contributed by atoms with Crippen molar-refractivity contribution < 1.29 is 9.50 Å². The van der Waals surface area contributed by atoms with Crippen LogP contribution < -0.4 is 0 Å². The van der Waals surface area contributed by atoms with Gasteiger partial charge >= 0.3 is 0 Å². The van der Waals surface area contributed by atoms with E-state index in [4.69, 9.17) is 5.11 Å². The maximum Gasteiger partial charge on any atom is 0.191 e. The summed E-state index contributed by atoms with van der Waals surface area (Å²) < 4.78 is 15.4. The standard InChI is InChI=1S/C12H14FN3OS/c1-16-11(9-5-2-3-6-10(9)13)14-15-12(16)18-8-4-7-17/h2-3,5-6,17H,4,7-8H2,1H3. The molecule has 0 atom stereocenters. The number of hydrogen-bond acceptors (Lipinski definition) is 4. The Morgan fingerprint density at radius 1 is 1.33 bits per heavy atom. The highest BCUT2D eigenvalue weighted by Gasteiger charge is 2.13. The number of aliphatic hydroxyl groups excluding tert-OH is 1. The Hall–Kier alpha value is -1.40. The lowest BCUT2D eigenvalue weighted by Crippen LogP contribution is -1.97. The van der Waals surface area contributed by atoms with Crippen molar-refractivity contribution in [3.8, 4) is 11.4 Å². The Morgan fingerprint density at radius 2 is 2.11 bits per heavy atom. The van der Waals surface area contributed by atoms with Gasteiger partial charge in [0, 0.05) is 19.4 Å². The first kappa shape index (κ1) is 13.0. The Bertz CT molecular complexity index is 530. The average Bonchev–Trinajstić information content (AvgIpc) is 2.72. The Balaban J connectivity index is 2.23. The molecule has 0 fully saturated rings. The summed E-state index contributed by atoms with van der Waals surface area (Å²) in [6.45, 7) is 0.158. The summed E-state index contributed by atoms with van der Waals surface area (Å²) in [5, 5.41) is 17.5. The Morgan fingerprint density at radius 3 is 2.83 bits per heavy atom. The fourth-order valence-corrected chi connectivity index (χ4v) is 2.38. The van der Waals surface area contributed by atoms with Crippen molar-refractivity contribution in [2.45, 2.75) is 11.6 Å². The fraction of sp³-hybridized carbons (Fsp3) is 0.333. The number of thioether (sulfide) groups is 1. The van der Waals surface area contributed by atoms with Gasteiger partial charge in [-0.15, -0.1) is 10.2 Å². The lowest BCUT2D eigenvalue weighted by molar-refractivity contribution is 0.296. The topological polar surface area (TPSA) is 50.9 Å². The molecule has 96 valence electrons. The van der Waals surface area contributed by atoms with Gasteiger partial charge in [0.05, 0.1) is 5.56 Å².